The van der Waals surface area contributed by atoms with Gasteiger partial charge in [-0.05, 0) is 30.5 Å². The minimum atomic E-state index is -0.366. The first-order chi connectivity index (χ1) is 12.7. The molecule has 1 aromatic heterocycles. The zero-order chi connectivity index (χ0) is 17.9. The number of hydrogen-bond acceptors (Lipinski definition) is 3. The van der Waals surface area contributed by atoms with Crippen molar-refractivity contribution in [3.8, 4) is 11.4 Å². The zero-order valence-corrected chi connectivity index (χ0v) is 14.4. The highest BCUT2D eigenvalue weighted by molar-refractivity contribution is 5.55. The number of nitrogens with one attached hydrogen (secondary N) is 1. The van der Waals surface area contributed by atoms with Gasteiger partial charge in [-0.25, -0.2) is 14.3 Å². The summed E-state index contributed by atoms with van der Waals surface area (Å²) in [6, 6.07) is 16.8. The molecular formula is C20H21FN4O. The van der Waals surface area contributed by atoms with Crippen molar-refractivity contribution in [3.05, 3.63) is 76.5 Å². The van der Waals surface area contributed by atoms with Crippen molar-refractivity contribution in [1.82, 2.24) is 19.7 Å². The number of aromatic amines is 1. The smallest absolute Gasteiger partial charge is 0.299 e. The number of aromatic nitrogens is 3. The van der Waals surface area contributed by atoms with Gasteiger partial charge in [0.15, 0.2) is 5.82 Å². The van der Waals surface area contributed by atoms with Gasteiger partial charge in [0.1, 0.15) is 5.82 Å². The normalized spacial score (nSPS) is 16.0. The summed E-state index contributed by atoms with van der Waals surface area (Å²) in [4.78, 5) is 14.7. The van der Waals surface area contributed by atoms with Gasteiger partial charge < -0.3 is 0 Å². The first-order valence-corrected chi connectivity index (χ1v) is 8.90. The Hall–Kier alpha value is -2.73. The van der Waals surface area contributed by atoms with Crippen LogP contribution in [0.2, 0.25) is 0 Å². The predicted octanol–water partition coefficient (Wildman–Crippen LogP) is 3.21. The SMILES string of the molecule is O=c1[nH]nc(-c2ccccc2F)n1C1CCN(Cc2ccccc2)CC1. The van der Waals surface area contributed by atoms with E-state index in [0.29, 0.717) is 11.4 Å². The van der Waals surface area contributed by atoms with E-state index in [2.05, 4.69) is 27.2 Å². The maximum atomic E-state index is 14.2. The fourth-order valence-electron chi connectivity index (χ4n) is 3.65. The molecule has 1 aliphatic rings. The molecule has 1 saturated heterocycles. The lowest BCUT2D eigenvalue weighted by Gasteiger charge is -2.32. The van der Waals surface area contributed by atoms with E-state index in [0.717, 1.165) is 32.5 Å². The Balaban J connectivity index is 1.51. The Bertz CT molecular complexity index is 926. The van der Waals surface area contributed by atoms with Crippen LogP contribution < -0.4 is 5.69 Å². The minimum Gasteiger partial charge on any atom is -0.299 e. The maximum Gasteiger partial charge on any atom is 0.343 e. The van der Waals surface area contributed by atoms with E-state index in [-0.39, 0.29) is 17.5 Å². The number of likely N-dealkylation sites (tertiary alicyclic amines) is 1. The van der Waals surface area contributed by atoms with E-state index >= 15 is 0 Å². The molecule has 1 fully saturated rings. The number of piperidine rings is 1. The van der Waals surface area contributed by atoms with Gasteiger partial charge in [-0.15, -0.1) is 0 Å². The second kappa shape index (κ2) is 7.25. The predicted molar refractivity (Wildman–Crippen MR) is 98.2 cm³/mol. The number of hydrogen-bond donors (Lipinski definition) is 1. The van der Waals surface area contributed by atoms with Gasteiger partial charge in [0, 0.05) is 25.7 Å². The third-order valence-electron chi connectivity index (χ3n) is 4.99. The molecule has 6 heteroatoms. The Morgan fingerprint density at radius 1 is 1.04 bits per heavy atom. The van der Waals surface area contributed by atoms with Crippen LogP contribution in [0.15, 0.2) is 59.4 Å². The lowest BCUT2D eigenvalue weighted by atomic mass is 10.0. The van der Waals surface area contributed by atoms with Crippen LogP contribution in [-0.4, -0.2) is 32.8 Å². The van der Waals surface area contributed by atoms with Crippen LogP contribution in [0, 0.1) is 5.82 Å². The Kier molecular flexibility index (Phi) is 4.67. The van der Waals surface area contributed by atoms with Crippen molar-refractivity contribution in [3.63, 3.8) is 0 Å². The van der Waals surface area contributed by atoms with Crippen molar-refractivity contribution in [2.24, 2.45) is 0 Å². The molecule has 0 spiro atoms. The van der Waals surface area contributed by atoms with Gasteiger partial charge in [0.05, 0.1) is 5.56 Å². The molecule has 1 N–H and O–H groups in total. The molecule has 0 aliphatic carbocycles. The van der Waals surface area contributed by atoms with Crippen LogP contribution in [0.1, 0.15) is 24.4 Å². The molecule has 0 atom stereocenters. The first kappa shape index (κ1) is 16.7. The average molecular weight is 352 g/mol. The first-order valence-electron chi connectivity index (χ1n) is 8.90. The summed E-state index contributed by atoms with van der Waals surface area (Å²) >= 11 is 0. The topological polar surface area (TPSA) is 53.9 Å². The quantitative estimate of drug-likeness (QED) is 0.784. The van der Waals surface area contributed by atoms with Crippen LogP contribution in [0.25, 0.3) is 11.4 Å². The molecule has 0 amide bonds. The number of halogens is 1. The van der Waals surface area contributed by atoms with Crippen molar-refractivity contribution < 1.29 is 4.39 Å². The highest BCUT2D eigenvalue weighted by Gasteiger charge is 2.25. The number of rotatable bonds is 4. The van der Waals surface area contributed by atoms with Gasteiger partial charge in [0.2, 0.25) is 0 Å². The molecule has 134 valence electrons. The third kappa shape index (κ3) is 3.32. The van der Waals surface area contributed by atoms with Crippen LogP contribution in [-0.2, 0) is 6.54 Å². The Morgan fingerprint density at radius 3 is 2.46 bits per heavy atom. The van der Waals surface area contributed by atoms with Gasteiger partial charge >= 0.3 is 5.69 Å². The molecule has 0 radical (unpaired) electrons. The highest BCUT2D eigenvalue weighted by Crippen LogP contribution is 2.27. The van der Waals surface area contributed by atoms with Crippen LogP contribution in [0.3, 0.4) is 0 Å². The Morgan fingerprint density at radius 2 is 1.73 bits per heavy atom. The number of benzene rings is 2. The summed E-state index contributed by atoms with van der Waals surface area (Å²) in [5.41, 5.74) is 1.38. The summed E-state index contributed by atoms with van der Waals surface area (Å²) in [5.74, 6) is 0.0175. The summed E-state index contributed by atoms with van der Waals surface area (Å²) in [6.07, 6.45) is 1.68. The number of H-pyrrole nitrogens is 1. The molecule has 5 nitrogen and oxygen atoms in total. The van der Waals surface area contributed by atoms with E-state index in [1.807, 2.05) is 18.2 Å². The summed E-state index contributed by atoms with van der Waals surface area (Å²) < 4.78 is 15.8. The third-order valence-corrected chi connectivity index (χ3v) is 4.99. The van der Waals surface area contributed by atoms with E-state index in [1.165, 1.54) is 11.6 Å². The van der Waals surface area contributed by atoms with Crippen LogP contribution >= 0.6 is 0 Å². The van der Waals surface area contributed by atoms with Crippen molar-refractivity contribution in [1.29, 1.82) is 0 Å². The van der Waals surface area contributed by atoms with Gasteiger partial charge in [0.25, 0.3) is 0 Å². The van der Waals surface area contributed by atoms with E-state index in [4.69, 9.17) is 0 Å². The van der Waals surface area contributed by atoms with Crippen molar-refractivity contribution >= 4 is 0 Å². The van der Waals surface area contributed by atoms with Gasteiger partial charge in [-0.3, -0.25) is 9.47 Å². The maximum absolute atomic E-state index is 14.2. The lowest BCUT2D eigenvalue weighted by molar-refractivity contribution is 0.178. The second-order valence-electron chi connectivity index (χ2n) is 6.70. The molecule has 4 rings (SSSR count). The molecule has 0 bridgehead atoms. The van der Waals surface area contributed by atoms with Gasteiger partial charge in [-0.2, -0.15) is 5.10 Å². The molecule has 2 heterocycles. The molecule has 1 aliphatic heterocycles. The van der Waals surface area contributed by atoms with Crippen LogP contribution in [0.4, 0.5) is 4.39 Å². The highest BCUT2D eigenvalue weighted by atomic mass is 19.1. The van der Waals surface area contributed by atoms with E-state index < -0.39 is 0 Å². The van der Waals surface area contributed by atoms with Crippen LogP contribution in [0.5, 0.6) is 0 Å². The molecule has 3 aromatic rings. The molecule has 0 unspecified atom stereocenters. The molecular weight excluding hydrogens is 331 g/mol. The largest absolute Gasteiger partial charge is 0.343 e. The second-order valence-corrected chi connectivity index (χ2v) is 6.70. The Labute approximate surface area is 151 Å². The van der Waals surface area contributed by atoms with Crippen molar-refractivity contribution in [2.75, 3.05) is 13.1 Å². The molecule has 26 heavy (non-hydrogen) atoms. The van der Waals surface area contributed by atoms with E-state index in [1.54, 1.807) is 22.8 Å². The monoisotopic (exact) mass is 352 g/mol. The minimum absolute atomic E-state index is 0.0304. The standard InChI is InChI=1S/C20H21FN4O/c21-18-9-5-4-8-17(18)19-22-23-20(26)25(19)16-10-12-24(13-11-16)14-15-6-2-1-3-7-15/h1-9,16H,10-14H2,(H,23,26). The van der Waals surface area contributed by atoms with Gasteiger partial charge in [-0.1, -0.05) is 42.5 Å². The van der Waals surface area contributed by atoms with Crippen molar-refractivity contribution in [2.45, 2.75) is 25.4 Å². The average Bonchev–Trinajstić information content (AvgIpc) is 3.05. The molecule has 0 saturated carbocycles. The lowest BCUT2D eigenvalue weighted by Crippen LogP contribution is -2.36. The fourth-order valence-corrected chi connectivity index (χ4v) is 3.65. The zero-order valence-electron chi connectivity index (χ0n) is 14.4. The molecule has 2 aromatic carbocycles. The number of nitrogens with zero attached hydrogens (tertiary/aromatic N) is 3. The summed E-state index contributed by atoms with van der Waals surface area (Å²) in [6.45, 7) is 2.70. The fraction of sp³-hybridized carbons (Fsp3) is 0.300. The summed E-state index contributed by atoms with van der Waals surface area (Å²) in [5, 5.41) is 6.57. The summed E-state index contributed by atoms with van der Waals surface area (Å²) in [7, 11) is 0. The van der Waals surface area contributed by atoms with E-state index in [9.17, 15) is 9.18 Å².